The van der Waals surface area contributed by atoms with Gasteiger partial charge in [0.15, 0.2) is 0 Å². The lowest BCUT2D eigenvalue weighted by Gasteiger charge is -2.20. The first-order valence-corrected chi connectivity index (χ1v) is 21.8. The smallest absolute Gasteiger partial charge is 0.104 e. The summed E-state index contributed by atoms with van der Waals surface area (Å²) in [7, 11) is 0. The fourth-order valence-electron chi connectivity index (χ4n) is 9.65. The van der Waals surface area contributed by atoms with Crippen LogP contribution in [-0.4, -0.2) is 19.1 Å². The van der Waals surface area contributed by atoms with Crippen molar-refractivity contribution in [2.24, 2.45) is 0 Å². The summed E-state index contributed by atoms with van der Waals surface area (Å²) in [5.74, 6) is 0. The third-order valence-electron chi connectivity index (χ3n) is 12.7. The van der Waals surface area contributed by atoms with Crippen molar-refractivity contribution in [3.8, 4) is 79.4 Å². The Balaban J connectivity index is 1.14. The fourth-order valence-corrected chi connectivity index (χ4v) is 9.65. The molecule has 0 atom stereocenters. The topological polar surface area (TPSA) is 83.2 Å². The lowest BCUT2D eigenvalue weighted by Crippen LogP contribution is -2.06. The van der Waals surface area contributed by atoms with Gasteiger partial charge >= 0.3 is 0 Å². The molecule has 0 radical (unpaired) electrons. The monoisotopic (exact) mass is 840 g/mol. The van der Waals surface area contributed by atoms with Gasteiger partial charge in [0.2, 0.25) is 0 Å². The number of para-hydroxylation sites is 2. The first-order valence-electron chi connectivity index (χ1n) is 21.8. The molecule has 6 nitrogen and oxygen atoms in total. The van der Waals surface area contributed by atoms with Crippen molar-refractivity contribution in [1.82, 2.24) is 19.1 Å². The molecule has 12 rings (SSSR count). The molecule has 4 aromatic heterocycles. The Morgan fingerprint density at radius 3 is 1.42 bits per heavy atom. The third-order valence-corrected chi connectivity index (χ3v) is 12.7. The molecular formula is C60H36N6. The van der Waals surface area contributed by atoms with Gasteiger partial charge in [0, 0.05) is 50.6 Å². The van der Waals surface area contributed by atoms with Crippen LogP contribution in [-0.2, 0) is 0 Å². The Bertz CT molecular complexity index is 3960. The number of nitrogens with zero attached hydrogens (tertiary/aromatic N) is 6. The predicted octanol–water partition coefficient (Wildman–Crippen LogP) is 14.7. The van der Waals surface area contributed by atoms with E-state index >= 15 is 0 Å². The van der Waals surface area contributed by atoms with Crippen molar-refractivity contribution in [1.29, 1.82) is 10.5 Å². The van der Waals surface area contributed by atoms with Crippen molar-refractivity contribution in [3.05, 3.63) is 230 Å². The number of pyridine rings is 2. The highest BCUT2D eigenvalue weighted by Crippen LogP contribution is 2.43. The average molecular weight is 841 g/mol. The fraction of sp³-hybridized carbons (Fsp3) is 0. The maximum absolute atomic E-state index is 11.8. The normalized spacial score (nSPS) is 11.3. The number of hydrogen-bond acceptors (Lipinski definition) is 4. The summed E-state index contributed by atoms with van der Waals surface area (Å²) in [5, 5.41) is 26.2. The minimum Gasteiger partial charge on any atom is -0.308 e. The van der Waals surface area contributed by atoms with Crippen LogP contribution in [0.4, 0.5) is 0 Å². The van der Waals surface area contributed by atoms with E-state index in [0.29, 0.717) is 11.1 Å². The van der Waals surface area contributed by atoms with Gasteiger partial charge in [-0.1, -0.05) is 140 Å². The maximum atomic E-state index is 11.8. The summed E-state index contributed by atoms with van der Waals surface area (Å²) in [6.45, 7) is 0. The predicted molar refractivity (Wildman–Crippen MR) is 267 cm³/mol. The molecule has 12 aromatic rings. The average Bonchev–Trinajstić information content (AvgIpc) is 3.90. The Morgan fingerprint density at radius 2 is 0.848 bits per heavy atom. The van der Waals surface area contributed by atoms with E-state index < -0.39 is 0 Å². The van der Waals surface area contributed by atoms with Gasteiger partial charge in [-0.15, -0.1) is 0 Å². The van der Waals surface area contributed by atoms with Crippen LogP contribution in [0.25, 0.3) is 111 Å². The molecule has 6 heteroatoms. The highest BCUT2D eigenvalue weighted by molar-refractivity contribution is 6.13. The summed E-state index contributed by atoms with van der Waals surface area (Å²) < 4.78 is 4.50. The van der Waals surface area contributed by atoms with E-state index in [9.17, 15) is 10.5 Å². The largest absolute Gasteiger partial charge is 0.308 e. The van der Waals surface area contributed by atoms with E-state index in [2.05, 4.69) is 161 Å². The van der Waals surface area contributed by atoms with Crippen molar-refractivity contribution in [2.45, 2.75) is 0 Å². The van der Waals surface area contributed by atoms with Gasteiger partial charge < -0.3 is 9.13 Å². The molecule has 0 saturated carbocycles. The quantitative estimate of drug-likeness (QED) is 0.160. The van der Waals surface area contributed by atoms with Gasteiger partial charge in [0.25, 0.3) is 0 Å². The molecule has 4 heterocycles. The summed E-state index contributed by atoms with van der Waals surface area (Å²) in [6.07, 6.45) is 3.73. The third kappa shape index (κ3) is 6.33. The molecule has 8 aromatic carbocycles. The van der Waals surface area contributed by atoms with Crippen molar-refractivity contribution >= 4 is 43.6 Å². The zero-order valence-electron chi connectivity index (χ0n) is 35.5. The Labute approximate surface area is 380 Å². The lowest BCUT2D eigenvalue weighted by molar-refractivity contribution is 1.12. The van der Waals surface area contributed by atoms with Crippen LogP contribution in [0.2, 0.25) is 0 Å². The molecule has 0 fully saturated rings. The van der Waals surface area contributed by atoms with E-state index in [1.807, 2.05) is 79.1 Å². The molecule has 0 aliphatic rings. The van der Waals surface area contributed by atoms with Crippen molar-refractivity contribution < 1.29 is 0 Å². The Hall–Kier alpha value is -9.36. The second kappa shape index (κ2) is 15.8. The highest BCUT2D eigenvalue weighted by Gasteiger charge is 2.25. The van der Waals surface area contributed by atoms with Crippen LogP contribution < -0.4 is 0 Å². The molecule has 306 valence electrons. The number of nitriles is 2. The van der Waals surface area contributed by atoms with Crippen LogP contribution in [0.3, 0.4) is 0 Å². The van der Waals surface area contributed by atoms with Gasteiger partial charge in [-0.25, -0.2) is 0 Å². The van der Waals surface area contributed by atoms with Crippen LogP contribution in [0.15, 0.2) is 219 Å². The van der Waals surface area contributed by atoms with E-state index in [-0.39, 0.29) is 0 Å². The molecule has 0 amide bonds. The second-order valence-electron chi connectivity index (χ2n) is 16.4. The second-order valence-corrected chi connectivity index (χ2v) is 16.4. The molecule has 0 spiro atoms. The SMILES string of the molecule is N#Cc1cccc(-c2ccc(-n3c4ccccc4c4ccc(-c5ccnc(-c6ccccc6)c5)cc43)c(C#N)c2-n2c3ccccc3c3ccc(-c4ccnc(-c5ccccc5)c4)cc32)c1. The zero-order chi connectivity index (χ0) is 44.1. The number of hydrogen-bond donors (Lipinski definition) is 0. The lowest BCUT2D eigenvalue weighted by atomic mass is 9.96. The molecule has 0 aliphatic heterocycles. The standard InChI is InChI=1S/C60H36N6/c61-37-39-12-11-17-46(32-39)47-26-27-57(65-55-20-9-7-18-48(55)50-24-22-42(35-58(50)65)44-28-30-63-53(33-44)40-13-3-1-4-14-40)52(38-62)60(47)66-56-21-10-8-19-49(56)51-25-23-43(36-59(51)66)45-29-31-64-54(34-45)41-15-5-2-6-16-41/h1-36H. The molecule has 0 unspecified atom stereocenters. The van der Waals surface area contributed by atoms with Gasteiger partial charge in [-0.3, -0.25) is 9.97 Å². The summed E-state index contributed by atoms with van der Waals surface area (Å²) >= 11 is 0. The molecule has 0 aliphatic carbocycles. The van der Waals surface area contributed by atoms with Crippen molar-refractivity contribution in [2.75, 3.05) is 0 Å². The summed E-state index contributed by atoms with van der Waals surface area (Å²) in [6, 6.07) is 75.7. The minimum absolute atomic E-state index is 0.501. The number of benzene rings is 8. The van der Waals surface area contributed by atoms with Crippen LogP contribution in [0.5, 0.6) is 0 Å². The van der Waals surface area contributed by atoms with E-state index in [1.54, 1.807) is 0 Å². The molecule has 0 bridgehead atoms. The highest BCUT2D eigenvalue weighted by atomic mass is 15.0. The van der Waals surface area contributed by atoms with E-state index in [0.717, 1.165) is 111 Å². The van der Waals surface area contributed by atoms with Gasteiger partial charge in [0.05, 0.1) is 56.5 Å². The first kappa shape index (κ1) is 38.3. The maximum Gasteiger partial charge on any atom is 0.104 e. The van der Waals surface area contributed by atoms with Crippen molar-refractivity contribution in [3.63, 3.8) is 0 Å². The minimum atomic E-state index is 0.501. The Morgan fingerprint density at radius 1 is 0.348 bits per heavy atom. The molecule has 66 heavy (non-hydrogen) atoms. The zero-order valence-corrected chi connectivity index (χ0v) is 35.5. The van der Waals surface area contributed by atoms with Crippen LogP contribution >= 0.6 is 0 Å². The van der Waals surface area contributed by atoms with Crippen LogP contribution in [0, 0.1) is 22.7 Å². The molecule has 0 N–H and O–H groups in total. The van der Waals surface area contributed by atoms with E-state index in [1.165, 1.54) is 0 Å². The number of rotatable bonds is 7. The first-order chi connectivity index (χ1) is 32.6. The number of fused-ring (bicyclic) bond motifs is 6. The van der Waals surface area contributed by atoms with E-state index in [4.69, 9.17) is 9.97 Å². The van der Waals surface area contributed by atoms with Gasteiger partial charge in [0.1, 0.15) is 11.6 Å². The molecular weight excluding hydrogens is 805 g/mol. The van der Waals surface area contributed by atoms with Gasteiger partial charge in [-0.05, 0) is 94.5 Å². The molecule has 0 saturated heterocycles. The summed E-state index contributed by atoms with van der Waals surface area (Å²) in [4.78, 5) is 9.44. The van der Waals surface area contributed by atoms with Crippen LogP contribution in [0.1, 0.15) is 11.1 Å². The Kier molecular flexibility index (Phi) is 9.16. The van der Waals surface area contributed by atoms with Gasteiger partial charge in [-0.2, -0.15) is 10.5 Å². The number of aromatic nitrogens is 4. The summed E-state index contributed by atoms with van der Waals surface area (Å²) in [5.41, 5.74) is 16.1.